The summed E-state index contributed by atoms with van der Waals surface area (Å²) in [5.41, 5.74) is 3.54. The molecule has 28 heavy (non-hydrogen) atoms. The zero-order valence-corrected chi connectivity index (χ0v) is 18.1. The Balaban J connectivity index is 1.70. The van der Waals surface area contributed by atoms with E-state index < -0.39 is 0 Å². The highest BCUT2D eigenvalue weighted by Gasteiger charge is 2.61. The number of aliphatic hydroxyl groups is 1. The molecule has 7 atom stereocenters. The van der Waals surface area contributed by atoms with Gasteiger partial charge in [0.05, 0.1) is 18.3 Å². The molecule has 1 saturated heterocycles. The van der Waals surface area contributed by atoms with Crippen molar-refractivity contribution in [1.82, 2.24) is 0 Å². The van der Waals surface area contributed by atoms with Crippen LogP contribution in [0.1, 0.15) is 66.7 Å². The van der Waals surface area contributed by atoms with Crippen LogP contribution < -0.4 is 0 Å². The molecule has 1 heterocycles. The summed E-state index contributed by atoms with van der Waals surface area (Å²) < 4.78 is 6.85. The minimum Gasteiger partial charge on any atom is -0.392 e. The van der Waals surface area contributed by atoms with Gasteiger partial charge in [-0.2, -0.15) is 0 Å². The summed E-state index contributed by atoms with van der Waals surface area (Å²) in [6.07, 6.45) is 11.9. The van der Waals surface area contributed by atoms with E-state index in [4.69, 9.17) is 4.74 Å². The maximum absolute atomic E-state index is 12.6. The molecule has 0 aromatic heterocycles. The third-order valence-corrected chi connectivity index (χ3v) is 8.38. The number of carbonyl (C=O) groups excluding carboxylic acids is 1. The van der Waals surface area contributed by atoms with Gasteiger partial charge in [0.15, 0.2) is 5.78 Å². The predicted molar refractivity (Wildman–Crippen MR) is 112 cm³/mol. The molecule has 1 aliphatic heterocycles. The highest BCUT2D eigenvalue weighted by Crippen LogP contribution is 2.63. The molecule has 3 heteroatoms. The van der Waals surface area contributed by atoms with Crippen LogP contribution in [0.15, 0.2) is 34.9 Å². The average molecular weight is 385 g/mol. The first-order chi connectivity index (χ1) is 13.2. The van der Waals surface area contributed by atoms with Gasteiger partial charge in [-0.05, 0) is 87.7 Å². The van der Waals surface area contributed by atoms with Crippen LogP contribution in [0.4, 0.5) is 0 Å². The maximum Gasteiger partial charge on any atom is 0.163 e. The van der Waals surface area contributed by atoms with E-state index >= 15 is 0 Å². The minimum atomic E-state index is -0.0585. The van der Waals surface area contributed by atoms with E-state index in [1.807, 2.05) is 0 Å². The highest BCUT2D eigenvalue weighted by atomic mass is 16.5. The van der Waals surface area contributed by atoms with E-state index in [9.17, 15) is 9.90 Å². The number of rotatable bonds is 2. The molecule has 4 rings (SSSR count). The fourth-order valence-electron chi connectivity index (χ4n) is 7.02. The fraction of sp³-hybridized carbons (Fsp3) is 0.720. The maximum atomic E-state index is 12.6. The standard InChI is InChI=1S/C25H36O3/c1-15(2)10-19-11-17(4)25(28-19)9-8-24(5)13-20-18(14-26)12-21(27)23(20)16(3)6-7-22(24)25/h6,10,12,17,19-20,22-23,26H,7-9,11,13-14H2,1-5H3/t17-,19-,20+,22+,23-,24+,25-/m0/s1. The van der Waals surface area contributed by atoms with Crippen molar-refractivity contribution < 1.29 is 14.6 Å². The van der Waals surface area contributed by atoms with Crippen LogP contribution in [0.2, 0.25) is 0 Å². The Labute approximate surface area is 169 Å². The molecule has 3 aliphatic carbocycles. The van der Waals surface area contributed by atoms with E-state index in [-0.39, 0.29) is 41.3 Å². The first-order valence-corrected chi connectivity index (χ1v) is 11.0. The number of aliphatic hydroxyl groups excluding tert-OH is 1. The van der Waals surface area contributed by atoms with Crippen LogP contribution in [-0.2, 0) is 9.53 Å². The van der Waals surface area contributed by atoms with Crippen LogP contribution >= 0.6 is 0 Å². The Morgan fingerprint density at radius 2 is 2.11 bits per heavy atom. The average Bonchev–Trinajstić information content (AvgIpc) is 3.17. The monoisotopic (exact) mass is 384 g/mol. The second kappa shape index (κ2) is 6.95. The van der Waals surface area contributed by atoms with Crippen molar-refractivity contribution in [2.75, 3.05) is 6.61 Å². The lowest BCUT2D eigenvalue weighted by molar-refractivity contribution is -0.118. The van der Waals surface area contributed by atoms with Crippen molar-refractivity contribution in [3.63, 3.8) is 0 Å². The molecule has 0 unspecified atom stereocenters. The summed E-state index contributed by atoms with van der Waals surface area (Å²) >= 11 is 0. The third kappa shape index (κ3) is 2.97. The molecular formula is C25H36O3. The van der Waals surface area contributed by atoms with Gasteiger partial charge in [-0.15, -0.1) is 0 Å². The highest BCUT2D eigenvalue weighted by molar-refractivity contribution is 5.97. The Kier molecular flexibility index (Phi) is 4.99. The zero-order chi connectivity index (χ0) is 20.3. The number of hydrogen-bond donors (Lipinski definition) is 1. The Hall–Kier alpha value is -1.19. The van der Waals surface area contributed by atoms with Crippen molar-refractivity contribution in [1.29, 1.82) is 0 Å². The number of allylic oxidation sites excluding steroid dienone is 4. The van der Waals surface area contributed by atoms with Gasteiger partial charge in [0, 0.05) is 5.92 Å². The van der Waals surface area contributed by atoms with Crippen molar-refractivity contribution in [3.05, 3.63) is 34.9 Å². The van der Waals surface area contributed by atoms with Gasteiger partial charge < -0.3 is 9.84 Å². The third-order valence-electron chi connectivity index (χ3n) is 8.38. The summed E-state index contributed by atoms with van der Waals surface area (Å²) in [6.45, 7) is 11.2. The van der Waals surface area contributed by atoms with Crippen LogP contribution in [-0.4, -0.2) is 29.2 Å². The topological polar surface area (TPSA) is 46.5 Å². The van der Waals surface area contributed by atoms with Crippen LogP contribution in [0.5, 0.6) is 0 Å². The molecule has 1 spiro atoms. The second-order valence-electron chi connectivity index (χ2n) is 10.5. The van der Waals surface area contributed by atoms with Gasteiger partial charge in [0.2, 0.25) is 0 Å². The van der Waals surface area contributed by atoms with Crippen LogP contribution in [0.3, 0.4) is 0 Å². The Morgan fingerprint density at radius 3 is 2.79 bits per heavy atom. The Bertz CT molecular complexity index is 756. The first-order valence-electron chi connectivity index (χ1n) is 11.0. The lowest BCUT2D eigenvalue weighted by Crippen LogP contribution is -2.44. The number of carbonyl (C=O) groups is 1. The summed E-state index contributed by atoms with van der Waals surface area (Å²) in [7, 11) is 0. The summed E-state index contributed by atoms with van der Waals surface area (Å²) in [5, 5.41) is 9.89. The molecule has 154 valence electrons. The number of fused-ring (bicyclic) bond motifs is 3. The summed E-state index contributed by atoms with van der Waals surface area (Å²) in [6, 6.07) is 0. The Morgan fingerprint density at radius 1 is 1.36 bits per heavy atom. The molecule has 4 aliphatic rings. The van der Waals surface area contributed by atoms with Crippen molar-refractivity contribution in [2.45, 2.75) is 78.4 Å². The molecular weight excluding hydrogens is 348 g/mol. The van der Waals surface area contributed by atoms with Gasteiger partial charge in [-0.25, -0.2) is 0 Å². The summed E-state index contributed by atoms with van der Waals surface area (Å²) in [5.74, 6) is 1.30. The van der Waals surface area contributed by atoms with E-state index in [0.29, 0.717) is 11.8 Å². The molecule has 0 radical (unpaired) electrons. The van der Waals surface area contributed by atoms with Crippen LogP contribution in [0.25, 0.3) is 0 Å². The van der Waals surface area contributed by atoms with E-state index in [1.54, 1.807) is 6.08 Å². The van der Waals surface area contributed by atoms with Gasteiger partial charge in [0.25, 0.3) is 0 Å². The predicted octanol–water partition coefficient (Wildman–Crippen LogP) is 5.01. The number of hydrogen-bond acceptors (Lipinski definition) is 3. The fourth-order valence-corrected chi connectivity index (χ4v) is 7.02. The lowest BCUT2D eigenvalue weighted by atomic mass is 9.62. The minimum absolute atomic E-state index is 0.00161. The van der Waals surface area contributed by atoms with Gasteiger partial charge in [-0.1, -0.05) is 37.1 Å². The second-order valence-corrected chi connectivity index (χ2v) is 10.5. The normalized spacial score (nSPS) is 45.2. The molecule has 3 nitrogen and oxygen atoms in total. The number of ether oxygens (including phenoxy) is 1. The van der Waals surface area contributed by atoms with Crippen molar-refractivity contribution in [2.24, 2.45) is 29.1 Å². The molecule has 1 N–H and O–H groups in total. The first kappa shape index (κ1) is 20.1. The van der Waals surface area contributed by atoms with Crippen molar-refractivity contribution in [3.8, 4) is 0 Å². The van der Waals surface area contributed by atoms with E-state index in [2.05, 4.69) is 46.8 Å². The molecule has 2 fully saturated rings. The largest absolute Gasteiger partial charge is 0.392 e. The van der Waals surface area contributed by atoms with Gasteiger partial charge >= 0.3 is 0 Å². The van der Waals surface area contributed by atoms with Gasteiger partial charge in [0.1, 0.15) is 0 Å². The van der Waals surface area contributed by atoms with Crippen LogP contribution in [0, 0.1) is 29.1 Å². The SMILES string of the molecule is CC(C)=C[C@H]1C[C@H](C)[C@]2(CC[C@]3(C)C[C@@H]4C(CO)=CC(=O)[C@H]4C(C)=CC[C@H]32)O1. The molecule has 0 bridgehead atoms. The summed E-state index contributed by atoms with van der Waals surface area (Å²) in [4.78, 5) is 12.6. The lowest BCUT2D eigenvalue weighted by Gasteiger charge is -2.44. The quantitative estimate of drug-likeness (QED) is 0.681. The molecule has 1 saturated carbocycles. The molecule has 0 amide bonds. The molecule has 0 aromatic carbocycles. The smallest absolute Gasteiger partial charge is 0.163 e. The molecule has 0 aromatic rings. The number of ketones is 1. The van der Waals surface area contributed by atoms with E-state index in [0.717, 1.165) is 37.7 Å². The van der Waals surface area contributed by atoms with E-state index in [1.165, 1.54) is 11.1 Å². The zero-order valence-electron chi connectivity index (χ0n) is 18.1. The van der Waals surface area contributed by atoms with Crippen molar-refractivity contribution >= 4 is 5.78 Å². The van der Waals surface area contributed by atoms with Gasteiger partial charge in [-0.3, -0.25) is 4.79 Å².